The van der Waals surface area contributed by atoms with Gasteiger partial charge in [-0.05, 0) is 0 Å². The van der Waals surface area contributed by atoms with E-state index >= 15 is 0 Å². The molecule has 0 unspecified atom stereocenters. The average Bonchev–Trinajstić information content (AvgIpc) is 2.40. The number of hydrogen-bond acceptors (Lipinski definition) is 0. The summed E-state index contributed by atoms with van der Waals surface area (Å²) in [6.45, 7) is 0. The molecule has 0 saturated heterocycles. The van der Waals surface area contributed by atoms with E-state index in [0.717, 1.165) is 6.42 Å². The summed E-state index contributed by atoms with van der Waals surface area (Å²) in [5.74, 6) is 0. The van der Waals surface area contributed by atoms with Gasteiger partial charge in [0.05, 0.1) is 0 Å². The number of benzene rings is 2. The normalized spacial score (nSPS) is 11.3. The number of rotatable bonds is 4. The molecule has 0 aliphatic rings. The second kappa shape index (κ2) is 6.82. The van der Waals surface area contributed by atoms with Gasteiger partial charge in [-0.3, -0.25) is 0 Å². The van der Waals surface area contributed by atoms with Crippen molar-refractivity contribution >= 4 is 38.0 Å². The predicted octanol–water partition coefficient (Wildman–Crippen LogP) is 3.20. The first kappa shape index (κ1) is 15.0. The van der Waals surface area contributed by atoms with Crippen LogP contribution in [-0.2, 0) is 6.42 Å². The van der Waals surface area contributed by atoms with E-state index < -0.39 is 29.3 Å². The molecule has 0 atom stereocenters. The number of hydrogen-bond donors (Lipinski definition) is 0. The van der Waals surface area contributed by atoms with E-state index in [1.165, 1.54) is 11.1 Å². The van der Waals surface area contributed by atoms with Crippen molar-refractivity contribution in [2.75, 3.05) is 0 Å². The first-order valence-electron chi connectivity index (χ1n) is 6.59. The van der Waals surface area contributed by atoms with Crippen LogP contribution >= 0.6 is 0 Å². The molecule has 0 aliphatic carbocycles. The summed E-state index contributed by atoms with van der Waals surface area (Å²) >= 11 is -1.42. The third-order valence-electron chi connectivity index (χ3n) is 3.31. The quantitative estimate of drug-likeness (QED) is 0.720. The third kappa shape index (κ3) is 4.27. The average molecular weight is 376 g/mol. The van der Waals surface area contributed by atoms with Crippen molar-refractivity contribution in [3.63, 3.8) is 0 Å². The van der Waals surface area contributed by atoms with E-state index in [1.54, 1.807) is 8.70 Å². The molecule has 0 heterocycles. The molecule has 0 bridgehead atoms. The molecular weight excluding hydrogens is 354 g/mol. The van der Waals surface area contributed by atoms with Gasteiger partial charge in [0.1, 0.15) is 0 Å². The second-order valence-corrected chi connectivity index (χ2v) is 15.0. The molecule has 2 heteroatoms. The summed E-state index contributed by atoms with van der Waals surface area (Å²) < 4.78 is 3.13. The molecular formula is C17H22As2. The van der Waals surface area contributed by atoms with Gasteiger partial charge in [0.25, 0.3) is 0 Å². The zero-order valence-corrected chi connectivity index (χ0v) is 16.0. The molecule has 0 nitrogen and oxygen atoms in total. The van der Waals surface area contributed by atoms with Crippen molar-refractivity contribution in [3.8, 4) is 0 Å². The first-order chi connectivity index (χ1) is 9.06. The van der Waals surface area contributed by atoms with Crippen molar-refractivity contribution in [1.82, 2.24) is 0 Å². The fraction of sp³-hybridized carbons (Fsp3) is 0.294. The Morgan fingerprint density at radius 3 is 1.16 bits per heavy atom. The molecule has 0 spiro atoms. The minimum absolute atomic E-state index is 0.711. The summed E-state index contributed by atoms with van der Waals surface area (Å²) in [5.41, 5.74) is 12.4. The van der Waals surface area contributed by atoms with Gasteiger partial charge in [-0.15, -0.1) is 0 Å². The van der Waals surface area contributed by atoms with E-state index in [1.807, 2.05) is 0 Å². The molecule has 19 heavy (non-hydrogen) atoms. The predicted molar refractivity (Wildman–Crippen MR) is 89.9 cm³/mol. The van der Waals surface area contributed by atoms with E-state index in [-0.39, 0.29) is 0 Å². The van der Waals surface area contributed by atoms with Gasteiger partial charge < -0.3 is 0 Å². The molecule has 0 radical (unpaired) electrons. The molecule has 0 aliphatic heterocycles. The van der Waals surface area contributed by atoms with E-state index in [9.17, 15) is 0 Å². The van der Waals surface area contributed by atoms with Gasteiger partial charge in [-0.25, -0.2) is 0 Å². The SMILES string of the molecule is C[As](C)c1ccc(Cc2ccc([As](C)C)cc2)cc1. The van der Waals surface area contributed by atoms with Crippen LogP contribution in [0, 0.1) is 0 Å². The van der Waals surface area contributed by atoms with Gasteiger partial charge in [-0.1, -0.05) is 0 Å². The van der Waals surface area contributed by atoms with Gasteiger partial charge in [0.2, 0.25) is 0 Å². The zero-order valence-electron chi connectivity index (χ0n) is 12.2. The van der Waals surface area contributed by atoms with Crippen molar-refractivity contribution < 1.29 is 0 Å². The van der Waals surface area contributed by atoms with Crippen LogP contribution < -0.4 is 8.70 Å². The minimum atomic E-state index is -0.711. The Morgan fingerprint density at radius 1 is 0.579 bits per heavy atom. The van der Waals surface area contributed by atoms with Crippen LogP contribution in [0.3, 0.4) is 0 Å². The van der Waals surface area contributed by atoms with Gasteiger partial charge >= 0.3 is 127 Å². The molecule has 0 fully saturated rings. The summed E-state index contributed by atoms with van der Waals surface area (Å²) in [4.78, 5) is 0. The maximum absolute atomic E-state index is 2.39. The molecule has 2 aromatic carbocycles. The monoisotopic (exact) mass is 376 g/mol. The Balaban J connectivity index is 2.08. The van der Waals surface area contributed by atoms with Crippen LogP contribution in [-0.4, -0.2) is 29.3 Å². The van der Waals surface area contributed by atoms with Crippen LogP contribution in [0.15, 0.2) is 48.5 Å². The topological polar surface area (TPSA) is 0 Å². The Bertz CT molecular complexity index is 460. The first-order valence-corrected chi connectivity index (χ1v) is 16.0. The maximum atomic E-state index is 2.39. The van der Waals surface area contributed by atoms with Crippen LogP contribution in [0.5, 0.6) is 0 Å². The van der Waals surface area contributed by atoms with E-state index in [4.69, 9.17) is 0 Å². The third-order valence-corrected chi connectivity index (χ3v) is 8.90. The zero-order chi connectivity index (χ0) is 13.8. The van der Waals surface area contributed by atoms with Crippen LogP contribution in [0.4, 0.5) is 0 Å². The Kier molecular flexibility index (Phi) is 5.37. The second-order valence-electron chi connectivity index (χ2n) is 5.30. The summed E-state index contributed by atoms with van der Waals surface area (Å²) in [5, 5.41) is 0. The van der Waals surface area contributed by atoms with Gasteiger partial charge in [0.15, 0.2) is 0 Å². The Morgan fingerprint density at radius 2 is 0.895 bits per heavy atom. The Hall–Kier alpha value is -0.443. The molecule has 2 rings (SSSR count). The molecule has 2 aromatic rings. The van der Waals surface area contributed by atoms with Crippen LogP contribution in [0.1, 0.15) is 11.1 Å². The molecule has 0 N–H and O–H groups in total. The molecule has 0 saturated carbocycles. The fourth-order valence-electron chi connectivity index (χ4n) is 2.06. The Labute approximate surface area is 126 Å². The van der Waals surface area contributed by atoms with Gasteiger partial charge in [-0.2, -0.15) is 0 Å². The van der Waals surface area contributed by atoms with Crippen LogP contribution in [0.2, 0.25) is 22.8 Å². The summed E-state index contributed by atoms with van der Waals surface area (Å²) in [6, 6.07) is 18.5. The molecule has 100 valence electrons. The molecule has 0 aromatic heterocycles. The van der Waals surface area contributed by atoms with Crippen LogP contribution in [0.25, 0.3) is 0 Å². The van der Waals surface area contributed by atoms with E-state index in [0.29, 0.717) is 0 Å². The van der Waals surface area contributed by atoms with Crippen molar-refractivity contribution in [3.05, 3.63) is 59.7 Å². The fourth-order valence-corrected chi connectivity index (χ4v) is 5.19. The van der Waals surface area contributed by atoms with Gasteiger partial charge in [0, 0.05) is 0 Å². The van der Waals surface area contributed by atoms with Crippen molar-refractivity contribution in [2.24, 2.45) is 0 Å². The standard InChI is InChI=1S/C17H22As2/c1-18(2)16-9-5-14(6-10-16)13-15-7-11-17(12-8-15)19(3)4/h5-12H,13H2,1-4H3. The molecule has 0 amide bonds. The van der Waals surface area contributed by atoms with Crippen molar-refractivity contribution in [1.29, 1.82) is 0 Å². The summed E-state index contributed by atoms with van der Waals surface area (Å²) in [6.07, 6.45) is 1.06. The van der Waals surface area contributed by atoms with E-state index in [2.05, 4.69) is 71.4 Å². The summed E-state index contributed by atoms with van der Waals surface area (Å²) in [7, 11) is 0. The van der Waals surface area contributed by atoms with Crippen molar-refractivity contribution in [2.45, 2.75) is 29.3 Å².